The van der Waals surface area contributed by atoms with Gasteiger partial charge < -0.3 is 20.1 Å². The van der Waals surface area contributed by atoms with E-state index in [1.54, 1.807) is 4.90 Å². The van der Waals surface area contributed by atoms with E-state index in [9.17, 15) is 4.79 Å². The number of hydrogen-bond acceptors (Lipinski definition) is 4. The van der Waals surface area contributed by atoms with E-state index in [-0.39, 0.29) is 12.2 Å². The molecule has 0 unspecified atom stereocenters. The quantitative estimate of drug-likeness (QED) is 0.739. The minimum atomic E-state index is -0.442. The van der Waals surface area contributed by atoms with Gasteiger partial charge in [-0.15, -0.1) is 0 Å². The first-order valence-electron chi connectivity index (χ1n) is 6.20. The van der Waals surface area contributed by atoms with Crippen molar-refractivity contribution in [1.29, 1.82) is 0 Å². The molecule has 2 N–H and O–H groups in total. The summed E-state index contributed by atoms with van der Waals surface area (Å²) in [5.41, 5.74) is 5.26. The van der Waals surface area contributed by atoms with Crippen LogP contribution in [0.1, 0.15) is 20.8 Å². The fraction of sp³-hybridized carbons (Fsp3) is 0.917. The van der Waals surface area contributed by atoms with E-state index < -0.39 is 5.60 Å². The summed E-state index contributed by atoms with van der Waals surface area (Å²) in [5.74, 6) is 0.764. The Morgan fingerprint density at radius 2 is 2.18 bits per heavy atom. The van der Waals surface area contributed by atoms with Crippen LogP contribution in [0.5, 0.6) is 0 Å². The summed E-state index contributed by atoms with van der Waals surface area (Å²) in [4.78, 5) is 13.6. The SMILES string of the molecule is CC(C)(C)OC(=O)N1C[C@H]2[C@H](CN)CO[C@@H]2C1. The maximum atomic E-state index is 11.9. The largest absolute Gasteiger partial charge is 0.444 e. The molecule has 2 aliphatic heterocycles. The number of amides is 1. The number of ether oxygens (including phenoxy) is 2. The molecule has 2 rings (SSSR count). The Morgan fingerprint density at radius 3 is 2.76 bits per heavy atom. The van der Waals surface area contributed by atoms with E-state index in [0.29, 0.717) is 31.5 Å². The van der Waals surface area contributed by atoms with Crippen LogP contribution < -0.4 is 5.73 Å². The van der Waals surface area contributed by atoms with Gasteiger partial charge in [0.1, 0.15) is 5.60 Å². The highest BCUT2D eigenvalue weighted by molar-refractivity contribution is 5.68. The topological polar surface area (TPSA) is 64.8 Å². The van der Waals surface area contributed by atoms with Gasteiger partial charge in [-0.25, -0.2) is 4.79 Å². The van der Waals surface area contributed by atoms with Crippen LogP contribution in [-0.4, -0.2) is 48.9 Å². The maximum Gasteiger partial charge on any atom is 0.410 e. The Balaban J connectivity index is 1.92. The Morgan fingerprint density at radius 1 is 1.47 bits per heavy atom. The first-order chi connectivity index (χ1) is 7.90. The van der Waals surface area contributed by atoms with Crippen molar-refractivity contribution in [3.63, 3.8) is 0 Å². The molecular weight excluding hydrogens is 220 g/mol. The fourth-order valence-corrected chi connectivity index (χ4v) is 2.52. The number of carbonyl (C=O) groups excluding carboxylic acids is 1. The van der Waals surface area contributed by atoms with Crippen molar-refractivity contribution in [2.75, 3.05) is 26.2 Å². The lowest BCUT2D eigenvalue weighted by molar-refractivity contribution is 0.0224. The summed E-state index contributed by atoms with van der Waals surface area (Å²) >= 11 is 0. The Kier molecular flexibility index (Phi) is 3.32. The van der Waals surface area contributed by atoms with Crippen molar-refractivity contribution in [1.82, 2.24) is 4.90 Å². The Bertz CT molecular complexity index is 301. The van der Waals surface area contributed by atoms with Gasteiger partial charge in [-0.3, -0.25) is 0 Å². The monoisotopic (exact) mass is 242 g/mol. The summed E-state index contributed by atoms with van der Waals surface area (Å²) in [7, 11) is 0. The molecule has 3 atom stereocenters. The smallest absolute Gasteiger partial charge is 0.410 e. The first kappa shape index (κ1) is 12.6. The molecule has 2 heterocycles. The van der Waals surface area contributed by atoms with Crippen LogP contribution in [0.2, 0.25) is 0 Å². The average Bonchev–Trinajstić information content (AvgIpc) is 2.72. The van der Waals surface area contributed by atoms with Crippen molar-refractivity contribution in [3.8, 4) is 0 Å². The lowest BCUT2D eigenvalue weighted by Gasteiger charge is -2.25. The first-order valence-corrected chi connectivity index (χ1v) is 6.20. The van der Waals surface area contributed by atoms with Crippen LogP contribution in [0.3, 0.4) is 0 Å². The van der Waals surface area contributed by atoms with Crippen molar-refractivity contribution < 1.29 is 14.3 Å². The van der Waals surface area contributed by atoms with Crippen LogP contribution in [0, 0.1) is 11.8 Å². The number of likely N-dealkylation sites (tertiary alicyclic amines) is 1. The normalized spacial score (nSPS) is 32.7. The van der Waals surface area contributed by atoms with Crippen LogP contribution in [0.4, 0.5) is 4.79 Å². The summed E-state index contributed by atoms with van der Waals surface area (Å²) in [6.45, 7) is 8.33. The lowest BCUT2D eigenvalue weighted by Crippen LogP contribution is -2.37. The van der Waals surface area contributed by atoms with Gasteiger partial charge in [0.2, 0.25) is 0 Å². The maximum absolute atomic E-state index is 11.9. The second kappa shape index (κ2) is 4.46. The van der Waals surface area contributed by atoms with E-state index in [1.165, 1.54) is 0 Å². The molecule has 0 spiro atoms. The molecule has 0 aliphatic carbocycles. The predicted octanol–water partition coefficient (Wildman–Crippen LogP) is 0.827. The van der Waals surface area contributed by atoms with Gasteiger partial charge in [0.05, 0.1) is 19.3 Å². The fourth-order valence-electron chi connectivity index (χ4n) is 2.52. The molecule has 17 heavy (non-hydrogen) atoms. The Labute approximate surface area is 102 Å². The van der Waals surface area contributed by atoms with Crippen LogP contribution in [0.15, 0.2) is 0 Å². The Hall–Kier alpha value is -0.810. The molecule has 5 nitrogen and oxygen atoms in total. The summed E-state index contributed by atoms with van der Waals surface area (Å²) in [5, 5.41) is 0. The van der Waals surface area contributed by atoms with E-state index >= 15 is 0 Å². The van der Waals surface area contributed by atoms with E-state index in [1.807, 2.05) is 20.8 Å². The van der Waals surface area contributed by atoms with Gasteiger partial charge in [-0.2, -0.15) is 0 Å². The van der Waals surface area contributed by atoms with E-state index in [0.717, 1.165) is 6.61 Å². The average molecular weight is 242 g/mol. The molecule has 0 aromatic carbocycles. The van der Waals surface area contributed by atoms with E-state index in [4.69, 9.17) is 15.2 Å². The third-order valence-corrected chi connectivity index (χ3v) is 3.39. The highest BCUT2D eigenvalue weighted by Gasteiger charge is 2.45. The van der Waals surface area contributed by atoms with E-state index in [2.05, 4.69) is 0 Å². The standard InChI is InChI=1S/C12H22N2O3/c1-12(2,3)17-11(15)14-5-9-8(4-13)7-16-10(9)6-14/h8-10H,4-7,13H2,1-3H3/t8-,9+,10-/m1/s1. The van der Waals surface area contributed by atoms with Crippen LogP contribution in [-0.2, 0) is 9.47 Å². The molecule has 0 bridgehead atoms. The number of carbonyl (C=O) groups is 1. The van der Waals surface area contributed by atoms with Gasteiger partial charge in [0.15, 0.2) is 0 Å². The van der Waals surface area contributed by atoms with Gasteiger partial charge in [0.25, 0.3) is 0 Å². The van der Waals surface area contributed by atoms with Crippen LogP contribution in [0.25, 0.3) is 0 Å². The minimum absolute atomic E-state index is 0.149. The molecule has 2 fully saturated rings. The molecule has 2 aliphatic rings. The lowest BCUT2D eigenvalue weighted by atomic mass is 9.93. The zero-order valence-corrected chi connectivity index (χ0v) is 10.8. The number of fused-ring (bicyclic) bond motifs is 1. The van der Waals surface area contributed by atoms with Crippen molar-refractivity contribution in [2.24, 2.45) is 17.6 Å². The minimum Gasteiger partial charge on any atom is -0.444 e. The van der Waals surface area contributed by atoms with Crippen molar-refractivity contribution in [3.05, 3.63) is 0 Å². The van der Waals surface area contributed by atoms with Crippen molar-refractivity contribution >= 4 is 6.09 Å². The number of hydrogen-bond donors (Lipinski definition) is 1. The molecular formula is C12H22N2O3. The predicted molar refractivity (Wildman–Crippen MR) is 63.6 cm³/mol. The third kappa shape index (κ3) is 2.72. The summed E-state index contributed by atoms with van der Waals surface area (Å²) < 4.78 is 11.0. The molecule has 0 saturated carbocycles. The van der Waals surface area contributed by atoms with Crippen LogP contribution >= 0.6 is 0 Å². The second-order valence-electron chi connectivity index (χ2n) is 5.92. The van der Waals surface area contributed by atoms with Gasteiger partial charge >= 0.3 is 6.09 Å². The molecule has 5 heteroatoms. The molecule has 1 amide bonds. The van der Waals surface area contributed by atoms with Gasteiger partial charge in [0, 0.05) is 18.4 Å². The molecule has 0 aromatic rings. The highest BCUT2D eigenvalue weighted by Crippen LogP contribution is 2.33. The zero-order valence-electron chi connectivity index (χ0n) is 10.8. The molecule has 98 valence electrons. The zero-order chi connectivity index (χ0) is 12.6. The number of nitrogens with zero attached hydrogens (tertiary/aromatic N) is 1. The third-order valence-electron chi connectivity index (χ3n) is 3.39. The second-order valence-corrected chi connectivity index (χ2v) is 5.92. The molecule has 0 radical (unpaired) electrons. The summed E-state index contributed by atoms with van der Waals surface area (Å²) in [6, 6.07) is 0. The molecule has 2 saturated heterocycles. The molecule has 0 aromatic heterocycles. The van der Waals surface area contributed by atoms with Crippen molar-refractivity contribution in [2.45, 2.75) is 32.5 Å². The highest BCUT2D eigenvalue weighted by atomic mass is 16.6. The van der Waals surface area contributed by atoms with Gasteiger partial charge in [-0.05, 0) is 27.3 Å². The van der Waals surface area contributed by atoms with Gasteiger partial charge in [-0.1, -0.05) is 0 Å². The number of nitrogens with two attached hydrogens (primary N) is 1. The summed E-state index contributed by atoms with van der Waals surface area (Å²) in [6.07, 6.45) is -0.0951. The number of rotatable bonds is 1.